The number of piperazine rings is 1. The van der Waals surface area contributed by atoms with Gasteiger partial charge in [0.25, 0.3) is 5.91 Å². The lowest BCUT2D eigenvalue weighted by Gasteiger charge is -2.35. The average Bonchev–Trinajstić information content (AvgIpc) is 3.16. The van der Waals surface area contributed by atoms with Gasteiger partial charge in [-0.25, -0.2) is 4.39 Å². The highest BCUT2D eigenvalue weighted by Gasteiger charge is 2.38. The lowest BCUT2D eigenvalue weighted by atomic mass is 10.1. The summed E-state index contributed by atoms with van der Waals surface area (Å²) in [6.07, 6.45) is 4.42. The molecular weight excluding hydrogens is 319 g/mol. The predicted molar refractivity (Wildman–Crippen MR) is 94.3 cm³/mol. The fraction of sp³-hybridized carbons (Fsp3) is 0.632. The maximum Gasteiger partial charge on any atom is 0.254 e. The lowest BCUT2D eigenvalue weighted by molar-refractivity contribution is 0.0674. The summed E-state index contributed by atoms with van der Waals surface area (Å²) in [6, 6.07) is 4.79. The zero-order valence-corrected chi connectivity index (χ0v) is 14.4. The van der Waals surface area contributed by atoms with E-state index in [2.05, 4.69) is 15.5 Å². The molecule has 4 aliphatic heterocycles. The molecule has 2 N–H and O–H groups in total. The highest BCUT2D eigenvalue weighted by molar-refractivity contribution is 5.99. The second-order valence-corrected chi connectivity index (χ2v) is 7.90. The summed E-state index contributed by atoms with van der Waals surface area (Å²) in [6.45, 7) is 3.95. The number of nitrogens with zero attached hydrogens (tertiary/aromatic N) is 2. The number of hydrogen-bond donors (Lipinski definition) is 2. The molecule has 2 bridgehead atoms. The SMILES string of the molecule is O=C1c2ccc(N3CC4CCC(C3)N4)c(F)c2CN1C1CCCNC1. The van der Waals surface area contributed by atoms with Crippen LogP contribution in [0.4, 0.5) is 10.1 Å². The van der Waals surface area contributed by atoms with Crippen molar-refractivity contribution in [2.75, 3.05) is 31.1 Å². The van der Waals surface area contributed by atoms with E-state index in [0.717, 1.165) is 39.0 Å². The maximum absolute atomic E-state index is 15.3. The molecule has 0 saturated carbocycles. The van der Waals surface area contributed by atoms with Crippen LogP contribution < -0.4 is 15.5 Å². The second kappa shape index (κ2) is 5.95. The fourth-order valence-electron chi connectivity index (χ4n) is 4.99. The number of anilines is 1. The molecule has 5 rings (SSSR count). The third kappa shape index (κ3) is 2.54. The van der Waals surface area contributed by atoms with E-state index in [1.165, 1.54) is 12.8 Å². The molecule has 0 aromatic heterocycles. The zero-order valence-electron chi connectivity index (χ0n) is 14.4. The van der Waals surface area contributed by atoms with Crippen LogP contribution in [-0.2, 0) is 6.54 Å². The van der Waals surface area contributed by atoms with E-state index >= 15 is 4.39 Å². The van der Waals surface area contributed by atoms with Crippen molar-refractivity contribution >= 4 is 11.6 Å². The Kier molecular flexibility index (Phi) is 3.71. The monoisotopic (exact) mass is 344 g/mol. The van der Waals surface area contributed by atoms with E-state index in [9.17, 15) is 4.79 Å². The number of amides is 1. The van der Waals surface area contributed by atoms with Crippen LogP contribution in [0.1, 0.15) is 41.6 Å². The standard InChI is InChI=1S/C19H25FN4O/c20-18-16-11-24(14-2-1-7-21-8-14)19(25)15(16)5-6-17(18)23-9-12-3-4-13(10-23)22-12/h5-6,12-14,21-22H,1-4,7-11H2. The Labute approximate surface area is 147 Å². The molecule has 0 aliphatic carbocycles. The van der Waals surface area contributed by atoms with Gasteiger partial charge in [-0.15, -0.1) is 0 Å². The molecule has 4 heterocycles. The minimum Gasteiger partial charge on any atom is -0.366 e. The topological polar surface area (TPSA) is 47.6 Å². The van der Waals surface area contributed by atoms with E-state index in [1.807, 2.05) is 17.0 Å². The van der Waals surface area contributed by atoms with Gasteiger partial charge in [0.15, 0.2) is 5.82 Å². The Balaban J connectivity index is 1.42. The van der Waals surface area contributed by atoms with Crippen LogP contribution in [0.25, 0.3) is 0 Å². The van der Waals surface area contributed by atoms with Gasteiger partial charge in [-0.2, -0.15) is 0 Å². The van der Waals surface area contributed by atoms with Gasteiger partial charge in [-0.3, -0.25) is 4.79 Å². The molecule has 5 nitrogen and oxygen atoms in total. The molecule has 4 aliphatic rings. The normalized spacial score (nSPS) is 31.6. The summed E-state index contributed by atoms with van der Waals surface area (Å²) in [4.78, 5) is 16.8. The van der Waals surface area contributed by atoms with Gasteiger partial charge in [0.2, 0.25) is 0 Å². The largest absolute Gasteiger partial charge is 0.366 e. The zero-order chi connectivity index (χ0) is 17.0. The van der Waals surface area contributed by atoms with Crippen LogP contribution >= 0.6 is 0 Å². The molecular formula is C19H25FN4O. The van der Waals surface area contributed by atoms with Gasteiger partial charge in [0.1, 0.15) is 0 Å². The maximum atomic E-state index is 15.3. The number of fused-ring (bicyclic) bond motifs is 3. The Morgan fingerprint density at radius 1 is 1.12 bits per heavy atom. The number of hydrogen-bond acceptors (Lipinski definition) is 4. The van der Waals surface area contributed by atoms with Crippen molar-refractivity contribution in [2.45, 2.75) is 50.4 Å². The summed E-state index contributed by atoms with van der Waals surface area (Å²) in [5.74, 6) is -0.187. The Morgan fingerprint density at radius 2 is 1.92 bits per heavy atom. The van der Waals surface area contributed by atoms with Crippen LogP contribution in [0.2, 0.25) is 0 Å². The van der Waals surface area contributed by atoms with Crippen LogP contribution in [0.5, 0.6) is 0 Å². The van der Waals surface area contributed by atoms with Crippen LogP contribution in [-0.4, -0.2) is 55.1 Å². The van der Waals surface area contributed by atoms with E-state index in [0.29, 0.717) is 35.4 Å². The van der Waals surface area contributed by atoms with E-state index in [4.69, 9.17) is 0 Å². The van der Waals surface area contributed by atoms with Crippen molar-refractivity contribution in [2.24, 2.45) is 0 Å². The molecule has 1 aromatic rings. The lowest BCUT2D eigenvalue weighted by Crippen LogP contribution is -2.51. The molecule has 3 fully saturated rings. The summed E-state index contributed by atoms with van der Waals surface area (Å²) in [7, 11) is 0. The smallest absolute Gasteiger partial charge is 0.254 e. The Bertz CT molecular complexity index is 691. The third-order valence-corrected chi connectivity index (χ3v) is 6.31. The molecule has 134 valence electrons. The minimum atomic E-state index is -0.182. The third-order valence-electron chi connectivity index (χ3n) is 6.31. The molecule has 1 aromatic carbocycles. The van der Waals surface area contributed by atoms with Crippen molar-refractivity contribution in [1.29, 1.82) is 0 Å². The number of benzene rings is 1. The molecule has 0 spiro atoms. The van der Waals surface area contributed by atoms with E-state index < -0.39 is 0 Å². The summed E-state index contributed by atoms with van der Waals surface area (Å²) in [5.41, 5.74) is 1.83. The van der Waals surface area contributed by atoms with E-state index in [1.54, 1.807) is 0 Å². The van der Waals surface area contributed by atoms with Crippen LogP contribution in [0.3, 0.4) is 0 Å². The number of carbonyl (C=O) groups is 1. The van der Waals surface area contributed by atoms with Gasteiger partial charge >= 0.3 is 0 Å². The van der Waals surface area contributed by atoms with Crippen molar-refractivity contribution < 1.29 is 9.18 Å². The minimum absolute atomic E-state index is 0.00506. The van der Waals surface area contributed by atoms with Gasteiger partial charge in [-0.05, 0) is 44.4 Å². The number of halogens is 1. The van der Waals surface area contributed by atoms with Crippen molar-refractivity contribution in [3.05, 3.63) is 29.1 Å². The van der Waals surface area contributed by atoms with Crippen molar-refractivity contribution in [1.82, 2.24) is 15.5 Å². The molecule has 3 saturated heterocycles. The molecule has 1 amide bonds. The first-order valence-corrected chi connectivity index (χ1v) is 9.55. The van der Waals surface area contributed by atoms with Crippen LogP contribution in [0.15, 0.2) is 12.1 Å². The van der Waals surface area contributed by atoms with Crippen LogP contribution in [0, 0.1) is 5.82 Å². The highest BCUT2D eigenvalue weighted by atomic mass is 19.1. The quantitative estimate of drug-likeness (QED) is 0.853. The van der Waals surface area contributed by atoms with Crippen molar-refractivity contribution in [3.63, 3.8) is 0 Å². The van der Waals surface area contributed by atoms with Crippen molar-refractivity contribution in [3.8, 4) is 0 Å². The summed E-state index contributed by atoms with van der Waals surface area (Å²) in [5, 5.41) is 6.94. The molecule has 6 heteroatoms. The molecule has 25 heavy (non-hydrogen) atoms. The number of rotatable bonds is 2. The fourth-order valence-corrected chi connectivity index (χ4v) is 4.99. The first-order chi connectivity index (χ1) is 12.2. The predicted octanol–water partition coefficient (Wildman–Crippen LogP) is 1.47. The summed E-state index contributed by atoms with van der Waals surface area (Å²) >= 11 is 0. The van der Waals surface area contributed by atoms with Gasteiger partial charge in [0, 0.05) is 48.9 Å². The van der Waals surface area contributed by atoms with Gasteiger partial charge < -0.3 is 20.4 Å². The number of nitrogens with one attached hydrogen (secondary N) is 2. The molecule has 3 unspecified atom stereocenters. The highest BCUT2D eigenvalue weighted by Crippen LogP contribution is 2.35. The summed E-state index contributed by atoms with van der Waals surface area (Å²) < 4.78 is 15.3. The van der Waals surface area contributed by atoms with Gasteiger partial charge in [0.05, 0.1) is 12.2 Å². The Hall–Kier alpha value is -1.66. The Morgan fingerprint density at radius 3 is 2.64 bits per heavy atom. The number of carbonyl (C=O) groups excluding carboxylic acids is 1. The van der Waals surface area contributed by atoms with E-state index in [-0.39, 0.29) is 17.8 Å². The average molecular weight is 344 g/mol. The molecule has 3 atom stereocenters. The number of piperidine rings is 1. The first-order valence-electron chi connectivity index (χ1n) is 9.55. The molecule has 0 radical (unpaired) electrons. The van der Waals surface area contributed by atoms with Gasteiger partial charge in [-0.1, -0.05) is 0 Å². The first kappa shape index (κ1) is 15.6. The second-order valence-electron chi connectivity index (χ2n) is 7.90.